The van der Waals surface area contributed by atoms with Crippen molar-refractivity contribution in [2.24, 2.45) is 0 Å². The standard InChI is InChI=1S/C22H25N3O4S/c1-13-5-7-16(8-6-13)17(11-19(27)29-4)24-18(26)9-10-25-12-23-21-20(22(25)28)14(2)15(3)30-21/h5-8,12,17H,9-11H2,1-4H3,(H,24,26)/t17-/m1/s1. The van der Waals surface area contributed by atoms with Crippen LogP contribution in [0.5, 0.6) is 0 Å². The Bertz CT molecular complexity index is 1130. The minimum atomic E-state index is -0.496. The molecule has 0 radical (unpaired) electrons. The van der Waals surface area contributed by atoms with Crippen LogP contribution in [0.4, 0.5) is 0 Å². The van der Waals surface area contributed by atoms with Crippen molar-refractivity contribution < 1.29 is 14.3 Å². The molecule has 2 aromatic heterocycles. The molecule has 0 fully saturated rings. The molecule has 8 heteroatoms. The summed E-state index contributed by atoms with van der Waals surface area (Å²) in [5, 5.41) is 3.50. The number of ether oxygens (including phenoxy) is 1. The maximum Gasteiger partial charge on any atom is 0.307 e. The number of benzene rings is 1. The summed E-state index contributed by atoms with van der Waals surface area (Å²) in [4.78, 5) is 43.3. The van der Waals surface area contributed by atoms with Crippen LogP contribution in [0.1, 0.15) is 40.5 Å². The number of amides is 1. The van der Waals surface area contributed by atoms with E-state index in [0.29, 0.717) is 10.2 Å². The van der Waals surface area contributed by atoms with E-state index >= 15 is 0 Å². The molecule has 1 amide bonds. The van der Waals surface area contributed by atoms with E-state index in [0.717, 1.165) is 21.6 Å². The topological polar surface area (TPSA) is 90.3 Å². The van der Waals surface area contributed by atoms with Crippen molar-refractivity contribution in [1.29, 1.82) is 0 Å². The third-order valence-electron chi connectivity index (χ3n) is 5.15. The number of rotatable bonds is 7. The van der Waals surface area contributed by atoms with E-state index in [2.05, 4.69) is 10.3 Å². The summed E-state index contributed by atoms with van der Waals surface area (Å²) in [6.07, 6.45) is 1.62. The summed E-state index contributed by atoms with van der Waals surface area (Å²) >= 11 is 1.49. The van der Waals surface area contributed by atoms with E-state index < -0.39 is 12.0 Å². The van der Waals surface area contributed by atoms with Crippen molar-refractivity contribution in [3.8, 4) is 0 Å². The van der Waals surface area contributed by atoms with Crippen LogP contribution in [-0.4, -0.2) is 28.5 Å². The number of esters is 1. The Hall–Kier alpha value is -3.00. The fourth-order valence-electron chi connectivity index (χ4n) is 3.22. The van der Waals surface area contributed by atoms with E-state index in [1.165, 1.54) is 29.3 Å². The molecule has 0 bridgehead atoms. The lowest BCUT2D eigenvalue weighted by molar-refractivity contribution is -0.141. The van der Waals surface area contributed by atoms with Gasteiger partial charge in [0.2, 0.25) is 5.91 Å². The van der Waals surface area contributed by atoms with Crippen LogP contribution >= 0.6 is 11.3 Å². The first-order valence-corrected chi connectivity index (χ1v) is 10.5. The molecule has 1 aromatic carbocycles. The summed E-state index contributed by atoms with van der Waals surface area (Å²) in [5.74, 6) is -0.662. The molecule has 0 saturated heterocycles. The largest absolute Gasteiger partial charge is 0.469 e. The number of fused-ring (bicyclic) bond motifs is 1. The van der Waals surface area contributed by atoms with Crippen molar-refractivity contribution in [2.45, 2.75) is 46.2 Å². The SMILES string of the molecule is COC(=O)C[C@@H](NC(=O)CCn1cnc2sc(C)c(C)c2c1=O)c1ccc(C)cc1. The number of thiophene rings is 1. The molecule has 30 heavy (non-hydrogen) atoms. The Morgan fingerprint density at radius 3 is 2.57 bits per heavy atom. The van der Waals surface area contributed by atoms with E-state index in [1.54, 1.807) is 0 Å². The van der Waals surface area contributed by atoms with Gasteiger partial charge in [0.05, 0.1) is 31.3 Å². The predicted molar refractivity (Wildman–Crippen MR) is 117 cm³/mol. The molecule has 2 heterocycles. The van der Waals surface area contributed by atoms with Gasteiger partial charge in [-0.25, -0.2) is 4.98 Å². The lowest BCUT2D eigenvalue weighted by Crippen LogP contribution is -2.32. The average molecular weight is 428 g/mol. The van der Waals surface area contributed by atoms with Gasteiger partial charge in [-0.3, -0.25) is 19.0 Å². The Kier molecular flexibility index (Phi) is 6.66. The smallest absolute Gasteiger partial charge is 0.307 e. The monoisotopic (exact) mass is 427 g/mol. The molecule has 7 nitrogen and oxygen atoms in total. The first kappa shape index (κ1) is 21.7. The highest BCUT2D eigenvalue weighted by atomic mass is 32.1. The average Bonchev–Trinajstić information content (AvgIpc) is 3.02. The van der Waals surface area contributed by atoms with Crippen molar-refractivity contribution >= 4 is 33.4 Å². The molecule has 0 saturated carbocycles. The molecular weight excluding hydrogens is 402 g/mol. The summed E-state index contributed by atoms with van der Waals surface area (Å²) in [7, 11) is 1.32. The van der Waals surface area contributed by atoms with Crippen LogP contribution in [0.3, 0.4) is 0 Å². The molecule has 0 aliphatic rings. The molecule has 0 aliphatic carbocycles. The lowest BCUT2D eigenvalue weighted by atomic mass is 10.0. The Balaban J connectivity index is 1.72. The molecule has 3 rings (SSSR count). The zero-order valence-electron chi connectivity index (χ0n) is 17.5. The molecule has 1 N–H and O–H groups in total. The highest BCUT2D eigenvalue weighted by Crippen LogP contribution is 2.25. The van der Waals surface area contributed by atoms with Crippen molar-refractivity contribution in [3.63, 3.8) is 0 Å². The van der Waals surface area contributed by atoms with Gasteiger partial charge in [-0.2, -0.15) is 0 Å². The molecule has 158 valence electrons. The van der Waals surface area contributed by atoms with Gasteiger partial charge in [0.1, 0.15) is 4.83 Å². The summed E-state index contributed by atoms with van der Waals surface area (Å²) in [6.45, 7) is 6.05. The Labute approximate surface area is 178 Å². The van der Waals surface area contributed by atoms with E-state index in [9.17, 15) is 14.4 Å². The second kappa shape index (κ2) is 9.21. The van der Waals surface area contributed by atoms with Gasteiger partial charge in [-0.15, -0.1) is 11.3 Å². The maximum atomic E-state index is 12.8. The van der Waals surface area contributed by atoms with Gasteiger partial charge in [0.25, 0.3) is 5.56 Å². The van der Waals surface area contributed by atoms with E-state index in [4.69, 9.17) is 4.74 Å². The Morgan fingerprint density at radius 1 is 1.20 bits per heavy atom. The van der Waals surface area contributed by atoms with Crippen molar-refractivity contribution in [1.82, 2.24) is 14.9 Å². The molecule has 0 aliphatic heterocycles. The van der Waals surface area contributed by atoms with Gasteiger partial charge in [-0.05, 0) is 31.9 Å². The molecule has 3 aromatic rings. The van der Waals surface area contributed by atoms with Gasteiger partial charge < -0.3 is 10.1 Å². The number of aryl methyl sites for hydroxylation is 4. The first-order chi connectivity index (χ1) is 14.3. The van der Waals surface area contributed by atoms with Crippen molar-refractivity contribution in [2.75, 3.05) is 7.11 Å². The summed E-state index contributed by atoms with van der Waals surface area (Å²) < 4.78 is 6.22. The number of aromatic nitrogens is 2. The first-order valence-electron chi connectivity index (χ1n) is 9.68. The maximum absolute atomic E-state index is 12.8. The summed E-state index contributed by atoms with van der Waals surface area (Å²) in [5.41, 5.74) is 2.70. The predicted octanol–water partition coefficient (Wildman–Crippen LogP) is 3.19. The fourth-order valence-corrected chi connectivity index (χ4v) is 4.21. The van der Waals surface area contributed by atoms with Gasteiger partial charge >= 0.3 is 5.97 Å². The number of nitrogens with zero attached hydrogens (tertiary/aromatic N) is 2. The second-order valence-electron chi connectivity index (χ2n) is 7.27. The molecule has 0 unspecified atom stereocenters. The number of hydrogen-bond donors (Lipinski definition) is 1. The fraction of sp³-hybridized carbons (Fsp3) is 0.364. The minimum absolute atomic E-state index is 0.0339. The number of hydrogen-bond acceptors (Lipinski definition) is 6. The zero-order valence-corrected chi connectivity index (χ0v) is 18.3. The van der Waals surface area contributed by atoms with Crippen LogP contribution in [-0.2, 0) is 20.9 Å². The van der Waals surface area contributed by atoms with E-state index in [-0.39, 0.29) is 30.9 Å². The number of methoxy groups -OCH3 is 1. The van der Waals surface area contributed by atoms with Gasteiger partial charge in [0, 0.05) is 17.8 Å². The quantitative estimate of drug-likeness (QED) is 0.585. The third-order valence-corrected chi connectivity index (χ3v) is 6.26. The molecule has 1 atom stereocenters. The van der Waals surface area contributed by atoms with Crippen molar-refractivity contribution in [3.05, 3.63) is 62.5 Å². The number of carbonyl (C=O) groups excluding carboxylic acids is 2. The molecular formula is C22H25N3O4S. The highest BCUT2D eigenvalue weighted by molar-refractivity contribution is 7.18. The van der Waals surface area contributed by atoms with Crippen LogP contribution in [0.25, 0.3) is 10.2 Å². The van der Waals surface area contributed by atoms with E-state index in [1.807, 2.05) is 45.0 Å². The van der Waals surface area contributed by atoms with Crippen LogP contribution in [0.2, 0.25) is 0 Å². The summed E-state index contributed by atoms with van der Waals surface area (Å²) in [6, 6.07) is 7.12. The Morgan fingerprint density at radius 2 is 1.90 bits per heavy atom. The highest BCUT2D eigenvalue weighted by Gasteiger charge is 2.19. The van der Waals surface area contributed by atoms with Gasteiger partial charge in [0.15, 0.2) is 0 Å². The number of nitrogens with one attached hydrogen (secondary N) is 1. The minimum Gasteiger partial charge on any atom is -0.469 e. The normalized spacial score (nSPS) is 12.0. The molecule has 0 spiro atoms. The zero-order chi connectivity index (χ0) is 21.8. The van der Waals surface area contributed by atoms with Crippen LogP contribution in [0.15, 0.2) is 35.4 Å². The van der Waals surface area contributed by atoms with Gasteiger partial charge in [-0.1, -0.05) is 29.8 Å². The number of carbonyl (C=O) groups is 2. The second-order valence-corrected chi connectivity index (χ2v) is 8.47. The lowest BCUT2D eigenvalue weighted by Gasteiger charge is -2.18. The van der Waals surface area contributed by atoms with Crippen LogP contribution < -0.4 is 10.9 Å². The van der Waals surface area contributed by atoms with Crippen LogP contribution in [0, 0.1) is 20.8 Å². The third kappa shape index (κ3) is 4.76.